The minimum absolute atomic E-state index is 0.101. The van der Waals surface area contributed by atoms with Crippen molar-refractivity contribution in [3.05, 3.63) is 53.7 Å². The maximum Gasteiger partial charge on any atom is 0.341 e. The van der Waals surface area contributed by atoms with Gasteiger partial charge in [0, 0.05) is 35.7 Å². The number of hydrogen-bond acceptors (Lipinski definition) is 6. The Morgan fingerprint density at radius 2 is 2.00 bits per heavy atom. The highest BCUT2D eigenvalue weighted by molar-refractivity contribution is 7.98. The van der Waals surface area contributed by atoms with Crippen molar-refractivity contribution in [1.82, 2.24) is 4.98 Å². The number of thioether (sulfide) groups is 1. The molecule has 1 atom stereocenters. The van der Waals surface area contributed by atoms with Crippen molar-refractivity contribution in [3.8, 4) is 0 Å². The summed E-state index contributed by atoms with van der Waals surface area (Å²) < 4.78 is 4.86. The number of benzene rings is 1. The topological polar surface area (TPSA) is 59.5 Å². The van der Waals surface area contributed by atoms with E-state index in [1.807, 2.05) is 35.4 Å². The van der Waals surface area contributed by atoms with Gasteiger partial charge in [-0.2, -0.15) is 0 Å². The number of pyridine rings is 1. The average molecular weight is 370 g/mol. The van der Waals surface area contributed by atoms with Gasteiger partial charge in [-0.1, -0.05) is 12.1 Å². The second kappa shape index (κ2) is 8.36. The molecule has 0 bridgehead atoms. The van der Waals surface area contributed by atoms with E-state index in [0.717, 1.165) is 29.8 Å². The average Bonchev–Trinajstić information content (AvgIpc) is 2.72. The molecular formula is C20H22N2O3S. The van der Waals surface area contributed by atoms with Crippen molar-refractivity contribution >= 4 is 29.3 Å². The quantitative estimate of drug-likeness (QED) is 0.454. The molecule has 1 aliphatic rings. The number of aromatic nitrogens is 1. The van der Waals surface area contributed by atoms with Crippen LogP contribution in [0.15, 0.2) is 47.5 Å². The number of ether oxygens (including phenoxy) is 1. The van der Waals surface area contributed by atoms with E-state index >= 15 is 0 Å². The maximum atomic E-state index is 12.9. The summed E-state index contributed by atoms with van der Waals surface area (Å²) in [5.74, 6) is 0.234. The maximum absolute atomic E-state index is 12.9. The van der Waals surface area contributed by atoms with Gasteiger partial charge in [-0.3, -0.25) is 4.79 Å². The van der Waals surface area contributed by atoms with Gasteiger partial charge in [0.15, 0.2) is 5.78 Å². The van der Waals surface area contributed by atoms with Gasteiger partial charge in [0.2, 0.25) is 0 Å². The molecule has 5 nitrogen and oxygen atoms in total. The smallest absolute Gasteiger partial charge is 0.341 e. The Hall–Kier alpha value is -2.34. The third-order valence-corrected chi connectivity index (χ3v) is 5.40. The predicted molar refractivity (Wildman–Crippen MR) is 103 cm³/mol. The summed E-state index contributed by atoms with van der Waals surface area (Å²) in [5, 5.41) is 0. The number of nitrogens with zero attached hydrogens (tertiary/aromatic N) is 2. The van der Waals surface area contributed by atoms with Crippen LogP contribution in [0.4, 0.5) is 5.82 Å². The number of piperidine rings is 1. The summed E-state index contributed by atoms with van der Waals surface area (Å²) >= 11 is 1.66. The monoisotopic (exact) mass is 370 g/mol. The second-order valence-corrected chi connectivity index (χ2v) is 7.12. The van der Waals surface area contributed by atoms with Gasteiger partial charge in [0.1, 0.15) is 11.4 Å². The number of carbonyl (C=O) groups is 2. The van der Waals surface area contributed by atoms with Crippen molar-refractivity contribution in [2.75, 3.05) is 31.4 Å². The summed E-state index contributed by atoms with van der Waals surface area (Å²) in [7, 11) is 1.36. The normalized spacial score (nSPS) is 17.0. The molecule has 0 aliphatic carbocycles. The molecule has 136 valence electrons. The van der Waals surface area contributed by atoms with Crippen LogP contribution in [-0.2, 0) is 4.74 Å². The number of hydrogen-bond donors (Lipinski definition) is 0. The fourth-order valence-electron chi connectivity index (χ4n) is 3.29. The first-order valence-corrected chi connectivity index (χ1v) is 9.83. The van der Waals surface area contributed by atoms with E-state index in [2.05, 4.69) is 4.98 Å². The number of ketones is 1. The van der Waals surface area contributed by atoms with E-state index in [1.165, 1.54) is 7.11 Å². The van der Waals surface area contributed by atoms with Crippen molar-refractivity contribution in [2.45, 2.75) is 17.7 Å². The molecule has 1 aliphatic heterocycles. The summed E-state index contributed by atoms with van der Waals surface area (Å²) in [6, 6.07) is 11.2. The minimum Gasteiger partial charge on any atom is -0.465 e. The molecule has 1 aromatic heterocycles. The van der Waals surface area contributed by atoms with Gasteiger partial charge in [-0.15, -0.1) is 11.8 Å². The number of Topliss-reactive ketones (excluding diaryl/α,β-unsaturated/α-hetero) is 1. The van der Waals surface area contributed by atoms with Crippen LogP contribution >= 0.6 is 11.8 Å². The van der Waals surface area contributed by atoms with Gasteiger partial charge in [-0.25, -0.2) is 9.78 Å². The summed E-state index contributed by atoms with van der Waals surface area (Å²) in [5.41, 5.74) is 1.18. The van der Waals surface area contributed by atoms with Crippen molar-refractivity contribution < 1.29 is 14.3 Å². The number of anilines is 1. The highest BCUT2D eigenvalue weighted by Gasteiger charge is 2.29. The summed E-state index contributed by atoms with van der Waals surface area (Å²) in [6.45, 7) is 1.33. The van der Waals surface area contributed by atoms with Gasteiger partial charge in [0.05, 0.1) is 7.11 Å². The molecular weight excluding hydrogens is 348 g/mol. The molecule has 0 N–H and O–H groups in total. The Morgan fingerprint density at radius 3 is 2.69 bits per heavy atom. The van der Waals surface area contributed by atoms with Gasteiger partial charge in [0.25, 0.3) is 0 Å². The van der Waals surface area contributed by atoms with Crippen LogP contribution in [0.1, 0.15) is 33.6 Å². The number of carbonyl (C=O) groups excluding carboxylic acids is 2. The first-order valence-electron chi connectivity index (χ1n) is 8.60. The zero-order valence-corrected chi connectivity index (χ0v) is 15.8. The van der Waals surface area contributed by atoms with Gasteiger partial charge in [-0.05, 0) is 43.4 Å². The largest absolute Gasteiger partial charge is 0.465 e. The molecule has 0 spiro atoms. The highest BCUT2D eigenvalue weighted by Crippen LogP contribution is 2.27. The van der Waals surface area contributed by atoms with E-state index in [-0.39, 0.29) is 11.7 Å². The van der Waals surface area contributed by atoms with Crippen LogP contribution in [0.2, 0.25) is 0 Å². The van der Waals surface area contributed by atoms with Crippen LogP contribution in [0.25, 0.3) is 0 Å². The molecule has 0 radical (unpaired) electrons. The summed E-state index contributed by atoms with van der Waals surface area (Å²) in [4.78, 5) is 32.5. The molecule has 0 amide bonds. The van der Waals surface area contributed by atoms with E-state index < -0.39 is 5.97 Å². The van der Waals surface area contributed by atoms with Crippen LogP contribution in [-0.4, -0.2) is 43.2 Å². The molecule has 1 aromatic carbocycles. The van der Waals surface area contributed by atoms with Crippen LogP contribution in [0.5, 0.6) is 0 Å². The van der Waals surface area contributed by atoms with Gasteiger partial charge >= 0.3 is 5.97 Å². The fraction of sp³-hybridized carbons (Fsp3) is 0.350. The Kier molecular flexibility index (Phi) is 5.93. The molecule has 3 rings (SSSR count). The summed E-state index contributed by atoms with van der Waals surface area (Å²) in [6.07, 6.45) is 5.41. The molecule has 0 saturated carbocycles. The molecule has 2 heterocycles. The lowest BCUT2D eigenvalue weighted by molar-refractivity contribution is 0.0601. The third-order valence-electron chi connectivity index (χ3n) is 4.66. The Labute approximate surface area is 157 Å². The van der Waals surface area contributed by atoms with E-state index in [9.17, 15) is 9.59 Å². The Balaban J connectivity index is 1.79. The van der Waals surface area contributed by atoms with Crippen LogP contribution in [0, 0.1) is 5.92 Å². The standard InChI is InChI=1S/C20H22N2O3S/c1-25-20(24)17-6-3-11-21-19(17)22-12-4-5-15(13-22)18(23)14-7-9-16(26-2)10-8-14/h3,6-11,15H,4-5,12-13H2,1-2H3/t15-/m1/s1. The first kappa shape index (κ1) is 18.5. The minimum atomic E-state index is -0.408. The van der Waals surface area contributed by atoms with E-state index in [1.54, 1.807) is 30.1 Å². The third kappa shape index (κ3) is 3.90. The molecule has 6 heteroatoms. The van der Waals surface area contributed by atoms with Crippen molar-refractivity contribution in [3.63, 3.8) is 0 Å². The Morgan fingerprint density at radius 1 is 1.23 bits per heavy atom. The fourth-order valence-corrected chi connectivity index (χ4v) is 3.70. The van der Waals surface area contributed by atoms with E-state index in [0.29, 0.717) is 17.9 Å². The molecule has 1 saturated heterocycles. The lowest BCUT2D eigenvalue weighted by Gasteiger charge is -2.33. The lowest BCUT2D eigenvalue weighted by atomic mass is 9.90. The zero-order valence-electron chi connectivity index (χ0n) is 15.0. The predicted octanol–water partition coefficient (Wildman–Crippen LogP) is 3.69. The number of methoxy groups -OCH3 is 1. The number of esters is 1. The molecule has 0 unspecified atom stereocenters. The SMILES string of the molecule is COC(=O)c1cccnc1N1CCC[C@@H](C(=O)c2ccc(SC)cc2)C1. The van der Waals surface area contributed by atoms with Crippen LogP contribution < -0.4 is 4.90 Å². The molecule has 1 fully saturated rings. The van der Waals surface area contributed by atoms with E-state index in [4.69, 9.17) is 4.74 Å². The van der Waals surface area contributed by atoms with Crippen LogP contribution in [0.3, 0.4) is 0 Å². The number of rotatable bonds is 5. The molecule has 26 heavy (non-hydrogen) atoms. The lowest BCUT2D eigenvalue weighted by Crippen LogP contribution is -2.40. The Bertz CT molecular complexity index is 792. The van der Waals surface area contributed by atoms with Crippen molar-refractivity contribution in [1.29, 1.82) is 0 Å². The molecule has 2 aromatic rings. The van der Waals surface area contributed by atoms with Gasteiger partial charge < -0.3 is 9.64 Å². The highest BCUT2D eigenvalue weighted by atomic mass is 32.2. The first-order chi connectivity index (χ1) is 12.6. The zero-order chi connectivity index (χ0) is 18.5. The second-order valence-electron chi connectivity index (χ2n) is 6.24. The van der Waals surface area contributed by atoms with Crippen molar-refractivity contribution in [2.24, 2.45) is 5.92 Å².